The first kappa shape index (κ1) is 16.8. The Bertz CT molecular complexity index is 1160. The van der Waals surface area contributed by atoms with E-state index in [0.29, 0.717) is 0 Å². The normalized spacial score (nSPS) is 11.1. The molecule has 28 heavy (non-hydrogen) atoms. The van der Waals surface area contributed by atoms with Crippen LogP contribution >= 0.6 is 0 Å². The molecule has 0 heterocycles. The molecule has 0 bridgehead atoms. The molecule has 5 aromatic carbocycles. The first-order valence-corrected chi connectivity index (χ1v) is 9.88. The molecule has 0 N–H and O–H groups in total. The van der Waals surface area contributed by atoms with E-state index in [2.05, 4.69) is 109 Å². The average Bonchev–Trinajstić information content (AvgIpc) is 2.75. The highest BCUT2D eigenvalue weighted by molar-refractivity contribution is 5.86. The maximum Gasteiger partial charge on any atom is -0.00195 e. The molecular formula is C28H22. The molecule has 0 nitrogen and oxygen atoms in total. The molecule has 0 heteroatoms. The molecule has 0 unspecified atom stereocenters. The van der Waals surface area contributed by atoms with Gasteiger partial charge in [0.25, 0.3) is 0 Å². The van der Waals surface area contributed by atoms with Crippen LogP contribution in [-0.4, -0.2) is 0 Å². The van der Waals surface area contributed by atoms with Gasteiger partial charge in [0.1, 0.15) is 0 Å². The van der Waals surface area contributed by atoms with Gasteiger partial charge < -0.3 is 0 Å². The Labute approximate surface area is 166 Å². The zero-order chi connectivity index (χ0) is 18.8. The van der Waals surface area contributed by atoms with Crippen molar-refractivity contribution in [1.82, 2.24) is 0 Å². The van der Waals surface area contributed by atoms with Gasteiger partial charge >= 0.3 is 0 Å². The molecule has 0 fully saturated rings. The molecule has 0 aliphatic rings. The minimum absolute atomic E-state index is 0.963. The number of benzene rings is 5. The van der Waals surface area contributed by atoms with Crippen LogP contribution in [0.2, 0.25) is 0 Å². The third-order valence-corrected chi connectivity index (χ3v) is 5.54. The van der Waals surface area contributed by atoms with E-state index in [1.54, 1.807) is 0 Å². The van der Waals surface area contributed by atoms with Gasteiger partial charge in [-0.25, -0.2) is 0 Å². The molecule has 0 saturated heterocycles. The summed E-state index contributed by atoms with van der Waals surface area (Å²) in [6.45, 7) is 0. The molecule has 5 rings (SSSR count). The highest BCUT2D eigenvalue weighted by Crippen LogP contribution is 2.24. The zero-order valence-corrected chi connectivity index (χ0v) is 15.8. The van der Waals surface area contributed by atoms with E-state index in [0.717, 1.165) is 12.8 Å². The van der Waals surface area contributed by atoms with Crippen molar-refractivity contribution in [2.45, 2.75) is 12.8 Å². The van der Waals surface area contributed by atoms with Gasteiger partial charge in [-0.1, -0.05) is 109 Å². The second-order valence-corrected chi connectivity index (χ2v) is 7.45. The number of hydrogen-bond donors (Lipinski definition) is 0. The molecular weight excluding hydrogens is 336 g/mol. The van der Waals surface area contributed by atoms with Gasteiger partial charge in [0.2, 0.25) is 0 Å². The lowest BCUT2D eigenvalue weighted by Crippen LogP contribution is -1.94. The van der Waals surface area contributed by atoms with Gasteiger partial charge in [0.15, 0.2) is 0 Å². The Balaban J connectivity index is 1.46. The second kappa shape index (κ2) is 7.32. The fourth-order valence-corrected chi connectivity index (χ4v) is 4.18. The quantitative estimate of drug-likeness (QED) is 0.319. The topological polar surface area (TPSA) is 0 Å². The third kappa shape index (κ3) is 3.30. The predicted molar refractivity (Wildman–Crippen MR) is 120 cm³/mol. The fraction of sp³-hybridized carbons (Fsp3) is 0.0714. The summed E-state index contributed by atoms with van der Waals surface area (Å²) in [6, 6.07) is 39.6. The van der Waals surface area contributed by atoms with Gasteiger partial charge in [0, 0.05) is 0 Å². The molecule has 0 amide bonds. The largest absolute Gasteiger partial charge is 0.0617 e. The summed E-state index contributed by atoms with van der Waals surface area (Å²) in [5.74, 6) is 0. The Morgan fingerprint density at radius 1 is 0.393 bits per heavy atom. The van der Waals surface area contributed by atoms with E-state index < -0.39 is 0 Å². The minimum Gasteiger partial charge on any atom is -0.0617 e. The van der Waals surface area contributed by atoms with E-state index in [9.17, 15) is 0 Å². The van der Waals surface area contributed by atoms with Gasteiger partial charge in [-0.2, -0.15) is 0 Å². The van der Waals surface area contributed by atoms with Crippen molar-refractivity contribution >= 4 is 21.5 Å². The van der Waals surface area contributed by atoms with Crippen molar-refractivity contribution < 1.29 is 0 Å². The van der Waals surface area contributed by atoms with Gasteiger partial charge in [-0.3, -0.25) is 0 Å². The number of rotatable bonds is 4. The van der Waals surface area contributed by atoms with E-state index in [-0.39, 0.29) is 0 Å². The highest BCUT2D eigenvalue weighted by Gasteiger charge is 2.05. The SMILES string of the molecule is c1cc(Cc2cccc3ccccc23)cc(Cc2cccc3ccccc23)c1. The van der Waals surface area contributed by atoms with Crippen LogP contribution < -0.4 is 0 Å². The summed E-state index contributed by atoms with van der Waals surface area (Å²) in [5.41, 5.74) is 5.52. The molecule has 0 aliphatic carbocycles. The van der Waals surface area contributed by atoms with E-state index in [4.69, 9.17) is 0 Å². The Morgan fingerprint density at radius 3 is 1.36 bits per heavy atom. The van der Waals surface area contributed by atoms with Crippen LogP contribution in [0.3, 0.4) is 0 Å². The predicted octanol–water partition coefficient (Wildman–Crippen LogP) is 7.17. The maximum absolute atomic E-state index is 2.36. The summed E-state index contributed by atoms with van der Waals surface area (Å²) in [7, 11) is 0. The fourth-order valence-electron chi connectivity index (χ4n) is 4.18. The summed E-state index contributed by atoms with van der Waals surface area (Å²) in [6.07, 6.45) is 1.93. The molecule has 0 aromatic heterocycles. The molecule has 5 aromatic rings. The molecule has 134 valence electrons. The van der Waals surface area contributed by atoms with Gasteiger partial charge in [-0.05, 0) is 56.6 Å². The van der Waals surface area contributed by atoms with Crippen molar-refractivity contribution in [2.75, 3.05) is 0 Å². The van der Waals surface area contributed by atoms with Crippen LogP contribution in [0.5, 0.6) is 0 Å². The van der Waals surface area contributed by atoms with E-state index in [1.165, 1.54) is 43.8 Å². The summed E-state index contributed by atoms with van der Waals surface area (Å²) in [5, 5.41) is 5.33. The van der Waals surface area contributed by atoms with Crippen LogP contribution in [0.15, 0.2) is 109 Å². The molecule has 0 atom stereocenters. The molecule has 0 saturated carbocycles. The average molecular weight is 358 g/mol. The van der Waals surface area contributed by atoms with E-state index >= 15 is 0 Å². The Kier molecular flexibility index (Phi) is 4.39. The van der Waals surface area contributed by atoms with Gasteiger partial charge in [0.05, 0.1) is 0 Å². The second-order valence-electron chi connectivity index (χ2n) is 7.45. The van der Waals surface area contributed by atoms with E-state index in [1.807, 2.05) is 0 Å². The molecule has 0 radical (unpaired) electrons. The standard InChI is InChI=1S/C28H22/c1-3-16-27-23(10-1)12-6-14-25(27)19-21-8-5-9-22(18-21)20-26-15-7-13-24-11-2-4-17-28(24)26/h1-18H,19-20H2. The van der Waals surface area contributed by atoms with Crippen molar-refractivity contribution in [2.24, 2.45) is 0 Å². The van der Waals surface area contributed by atoms with Crippen LogP contribution in [0.25, 0.3) is 21.5 Å². The smallest absolute Gasteiger partial charge is 0.00195 e. The maximum atomic E-state index is 2.36. The molecule has 0 spiro atoms. The monoisotopic (exact) mass is 358 g/mol. The number of fused-ring (bicyclic) bond motifs is 2. The summed E-state index contributed by atoms with van der Waals surface area (Å²) >= 11 is 0. The highest BCUT2D eigenvalue weighted by atomic mass is 14.1. The third-order valence-electron chi connectivity index (χ3n) is 5.54. The first-order valence-electron chi connectivity index (χ1n) is 9.88. The van der Waals surface area contributed by atoms with Crippen molar-refractivity contribution in [1.29, 1.82) is 0 Å². The lowest BCUT2D eigenvalue weighted by atomic mass is 9.95. The lowest BCUT2D eigenvalue weighted by molar-refractivity contribution is 1.15. The summed E-state index contributed by atoms with van der Waals surface area (Å²) in [4.78, 5) is 0. The lowest BCUT2D eigenvalue weighted by Gasteiger charge is -2.10. The van der Waals surface area contributed by atoms with Crippen LogP contribution in [0.4, 0.5) is 0 Å². The minimum atomic E-state index is 0.963. The van der Waals surface area contributed by atoms with Crippen LogP contribution in [0, 0.1) is 0 Å². The van der Waals surface area contributed by atoms with Crippen molar-refractivity contribution in [3.63, 3.8) is 0 Å². The Morgan fingerprint density at radius 2 is 0.821 bits per heavy atom. The van der Waals surface area contributed by atoms with Crippen molar-refractivity contribution in [3.05, 3.63) is 131 Å². The Hall–Kier alpha value is -3.38. The zero-order valence-electron chi connectivity index (χ0n) is 15.8. The van der Waals surface area contributed by atoms with Gasteiger partial charge in [-0.15, -0.1) is 0 Å². The van der Waals surface area contributed by atoms with Crippen molar-refractivity contribution in [3.8, 4) is 0 Å². The van der Waals surface area contributed by atoms with Crippen LogP contribution in [0.1, 0.15) is 22.3 Å². The number of hydrogen-bond acceptors (Lipinski definition) is 0. The van der Waals surface area contributed by atoms with Crippen LogP contribution in [-0.2, 0) is 12.8 Å². The summed E-state index contributed by atoms with van der Waals surface area (Å²) < 4.78 is 0. The molecule has 0 aliphatic heterocycles. The first-order chi connectivity index (χ1) is 13.9.